The second kappa shape index (κ2) is 8.94. The molecule has 0 atom stereocenters. The highest BCUT2D eigenvalue weighted by Crippen LogP contribution is 2.21. The van der Waals surface area contributed by atoms with Crippen LogP contribution in [0.1, 0.15) is 25.7 Å². The molecule has 0 aliphatic carbocycles. The number of carbonyl (C=O) groups is 2. The Morgan fingerprint density at radius 3 is 2.18 bits per heavy atom. The van der Waals surface area contributed by atoms with Crippen LogP contribution in [0.2, 0.25) is 0 Å². The van der Waals surface area contributed by atoms with Gasteiger partial charge in [-0.15, -0.1) is 0 Å². The SMILES string of the molecule is CCC(=O)Nc1ccc(NC(=O)CCc2ncc(-c3ccc(F)cc3)o2)cc1. The molecule has 2 N–H and O–H groups in total. The Morgan fingerprint density at radius 1 is 0.964 bits per heavy atom. The quantitative estimate of drug-likeness (QED) is 0.635. The summed E-state index contributed by atoms with van der Waals surface area (Å²) in [5.41, 5.74) is 2.04. The lowest BCUT2D eigenvalue weighted by Crippen LogP contribution is -2.13. The maximum absolute atomic E-state index is 13.0. The fourth-order valence-electron chi connectivity index (χ4n) is 2.50. The summed E-state index contributed by atoms with van der Waals surface area (Å²) in [7, 11) is 0. The Balaban J connectivity index is 1.50. The van der Waals surface area contributed by atoms with E-state index in [4.69, 9.17) is 4.42 Å². The van der Waals surface area contributed by atoms with E-state index in [-0.39, 0.29) is 24.1 Å². The van der Waals surface area contributed by atoms with Gasteiger partial charge in [0, 0.05) is 36.2 Å². The summed E-state index contributed by atoms with van der Waals surface area (Å²) in [5, 5.41) is 5.53. The number of hydrogen-bond donors (Lipinski definition) is 2. The largest absolute Gasteiger partial charge is 0.441 e. The fourth-order valence-corrected chi connectivity index (χ4v) is 2.50. The van der Waals surface area contributed by atoms with Gasteiger partial charge in [-0.1, -0.05) is 6.92 Å². The van der Waals surface area contributed by atoms with Gasteiger partial charge in [-0.3, -0.25) is 9.59 Å². The number of anilines is 2. The zero-order valence-electron chi connectivity index (χ0n) is 15.4. The minimum absolute atomic E-state index is 0.0669. The number of hydrogen-bond acceptors (Lipinski definition) is 4. The molecule has 0 radical (unpaired) electrons. The summed E-state index contributed by atoms with van der Waals surface area (Å²) >= 11 is 0. The van der Waals surface area contributed by atoms with Crippen LogP contribution in [0, 0.1) is 5.82 Å². The van der Waals surface area contributed by atoms with Gasteiger partial charge in [0.1, 0.15) is 5.82 Å². The second-order valence-corrected chi connectivity index (χ2v) is 6.15. The third-order valence-electron chi connectivity index (χ3n) is 4.02. The van der Waals surface area contributed by atoms with Crippen LogP contribution in [0.3, 0.4) is 0 Å². The molecule has 0 aliphatic rings. The molecule has 2 aromatic carbocycles. The number of benzene rings is 2. The van der Waals surface area contributed by atoms with E-state index in [1.165, 1.54) is 12.1 Å². The molecule has 28 heavy (non-hydrogen) atoms. The lowest BCUT2D eigenvalue weighted by molar-refractivity contribution is -0.116. The molecular weight excluding hydrogens is 361 g/mol. The molecular formula is C21H20FN3O3. The number of halogens is 1. The first kappa shape index (κ1) is 19.3. The van der Waals surface area contributed by atoms with E-state index in [0.717, 1.165) is 5.56 Å². The van der Waals surface area contributed by atoms with Crippen LogP contribution in [-0.2, 0) is 16.0 Å². The molecule has 6 nitrogen and oxygen atoms in total. The van der Waals surface area contributed by atoms with Crippen LogP contribution in [0.5, 0.6) is 0 Å². The predicted molar refractivity (Wildman–Crippen MR) is 104 cm³/mol. The maximum Gasteiger partial charge on any atom is 0.224 e. The number of amides is 2. The van der Waals surface area contributed by atoms with Crippen molar-refractivity contribution in [1.29, 1.82) is 0 Å². The zero-order chi connectivity index (χ0) is 19.9. The second-order valence-electron chi connectivity index (χ2n) is 6.15. The van der Waals surface area contributed by atoms with Crippen molar-refractivity contribution in [3.05, 3.63) is 66.4 Å². The Bertz CT molecular complexity index is 950. The van der Waals surface area contributed by atoms with E-state index in [2.05, 4.69) is 15.6 Å². The topological polar surface area (TPSA) is 84.2 Å². The lowest BCUT2D eigenvalue weighted by Gasteiger charge is -2.07. The molecule has 3 rings (SSSR count). The average molecular weight is 381 g/mol. The van der Waals surface area contributed by atoms with Crippen LogP contribution < -0.4 is 10.6 Å². The third kappa shape index (κ3) is 5.26. The highest BCUT2D eigenvalue weighted by Gasteiger charge is 2.10. The van der Waals surface area contributed by atoms with Gasteiger partial charge in [0.05, 0.1) is 6.20 Å². The summed E-state index contributed by atoms with van der Waals surface area (Å²) in [6.07, 6.45) is 2.52. The van der Waals surface area contributed by atoms with Crippen molar-refractivity contribution in [3.63, 3.8) is 0 Å². The minimum atomic E-state index is -0.319. The molecule has 2 amide bonds. The number of oxazole rings is 1. The standard InChI is InChI=1S/C21H20FN3O3/c1-2-19(26)24-16-7-9-17(10-8-16)25-20(27)11-12-21-23-13-18(28-21)14-3-5-15(22)6-4-14/h3-10,13H,2,11-12H2,1H3,(H,24,26)(H,25,27). The Labute approximate surface area is 161 Å². The molecule has 1 aromatic heterocycles. The summed E-state index contributed by atoms with van der Waals surface area (Å²) in [6, 6.07) is 12.8. The number of aryl methyl sites for hydroxylation is 1. The molecule has 1 heterocycles. The Hall–Kier alpha value is -3.48. The van der Waals surface area contributed by atoms with Crippen molar-refractivity contribution in [2.45, 2.75) is 26.2 Å². The van der Waals surface area contributed by atoms with E-state index >= 15 is 0 Å². The monoisotopic (exact) mass is 381 g/mol. The Morgan fingerprint density at radius 2 is 1.57 bits per heavy atom. The maximum atomic E-state index is 13.0. The number of nitrogens with one attached hydrogen (secondary N) is 2. The highest BCUT2D eigenvalue weighted by atomic mass is 19.1. The van der Waals surface area contributed by atoms with Crippen LogP contribution >= 0.6 is 0 Å². The van der Waals surface area contributed by atoms with Gasteiger partial charge in [-0.05, 0) is 48.5 Å². The number of aromatic nitrogens is 1. The molecule has 0 saturated heterocycles. The molecule has 144 valence electrons. The van der Waals surface area contributed by atoms with Crippen LogP contribution in [0.15, 0.2) is 59.1 Å². The van der Waals surface area contributed by atoms with Crippen LogP contribution in [0.25, 0.3) is 11.3 Å². The van der Waals surface area contributed by atoms with Gasteiger partial charge in [0.25, 0.3) is 0 Å². The van der Waals surface area contributed by atoms with E-state index in [9.17, 15) is 14.0 Å². The van der Waals surface area contributed by atoms with Crippen molar-refractivity contribution < 1.29 is 18.4 Å². The summed E-state index contributed by atoms with van der Waals surface area (Å²) in [4.78, 5) is 27.6. The average Bonchev–Trinajstić information content (AvgIpc) is 3.17. The molecule has 0 spiro atoms. The van der Waals surface area contributed by atoms with Gasteiger partial charge < -0.3 is 15.1 Å². The normalized spacial score (nSPS) is 10.5. The fraction of sp³-hybridized carbons (Fsp3) is 0.190. The van der Waals surface area contributed by atoms with E-state index < -0.39 is 0 Å². The highest BCUT2D eigenvalue weighted by molar-refractivity contribution is 5.92. The predicted octanol–water partition coefficient (Wildman–Crippen LogP) is 4.40. The van der Waals surface area contributed by atoms with Gasteiger partial charge >= 0.3 is 0 Å². The van der Waals surface area contributed by atoms with Crippen molar-refractivity contribution in [1.82, 2.24) is 4.98 Å². The molecule has 7 heteroatoms. The first-order valence-electron chi connectivity index (χ1n) is 8.94. The first-order chi connectivity index (χ1) is 13.5. The summed E-state index contributed by atoms with van der Waals surface area (Å²) < 4.78 is 18.6. The van der Waals surface area contributed by atoms with Crippen molar-refractivity contribution in [2.24, 2.45) is 0 Å². The summed E-state index contributed by atoms with van der Waals surface area (Å²) in [6.45, 7) is 1.78. The van der Waals surface area contributed by atoms with Gasteiger partial charge in [-0.2, -0.15) is 0 Å². The molecule has 0 fully saturated rings. The van der Waals surface area contributed by atoms with Gasteiger partial charge in [-0.25, -0.2) is 9.37 Å². The zero-order valence-corrected chi connectivity index (χ0v) is 15.4. The van der Waals surface area contributed by atoms with Crippen LogP contribution in [0.4, 0.5) is 15.8 Å². The number of nitrogens with zero attached hydrogens (tertiary/aromatic N) is 1. The molecule has 3 aromatic rings. The molecule has 0 aliphatic heterocycles. The molecule has 0 bridgehead atoms. The van der Waals surface area contributed by atoms with Crippen molar-refractivity contribution in [3.8, 4) is 11.3 Å². The van der Waals surface area contributed by atoms with Crippen LogP contribution in [-0.4, -0.2) is 16.8 Å². The third-order valence-corrected chi connectivity index (χ3v) is 4.02. The molecule has 0 unspecified atom stereocenters. The molecule has 0 saturated carbocycles. The van der Waals surface area contributed by atoms with Crippen molar-refractivity contribution in [2.75, 3.05) is 10.6 Å². The van der Waals surface area contributed by atoms with E-state index in [1.54, 1.807) is 49.5 Å². The number of carbonyl (C=O) groups excluding carboxylic acids is 2. The van der Waals surface area contributed by atoms with Gasteiger partial charge in [0.2, 0.25) is 11.8 Å². The smallest absolute Gasteiger partial charge is 0.224 e. The van der Waals surface area contributed by atoms with E-state index in [1.807, 2.05) is 0 Å². The first-order valence-corrected chi connectivity index (χ1v) is 8.94. The minimum Gasteiger partial charge on any atom is -0.441 e. The number of rotatable bonds is 7. The van der Waals surface area contributed by atoms with Gasteiger partial charge in [0.15, 0.2) is 11.7 Å². The Kier molecular flexibility index (Phi) is 6.16. The van der Waals surface area contributed by atoms with E-state index in [0.29, 0.717) is 35.9 Å². The lowest BCUT2D eigenvalue weighted by atomic mass is 10.2. The van der Waals surface area contributed by atoms with Crippen molar-refractivity contribution >= 4 is 23.2 Å². The summed E-state index contributed by atoms with van der Waals surface area (Å²) in [5.74, 6) is 0.405.